The third-order valence-corrected chi connectivity index (χ3v) is 3.39. The van der Waals surface area contributed by atoms with Gasteiger partial charge in [-0.05, 0) is 31.0 Å². The monoisotopic (exact) mass is 252 g/mol. The van der Waals surface area contributed by atoms with Gasteiger partial charge >= 0.3 is 0 Å². The maximum absolute atomic E-state index is 4.36. The van der Waals surface area contributed by atoms with Gasteiger partial charge in [0.05, 0.1) is 5.39 Å². The highest BCUT2D eigenvalue weighted by Gasteiger charge is 2.09. The molecule has 0 amide bonds. The number of hydrogen-bond donors (Lipinski definition) is 1. The van der Waals surface area contributed by atoms with E-state index in [1.54, 1.807) is 6.33 Å². The van der Waals surface area contributed by atoms with Gasteiger partial charge in [-0.25, -0.2) is 9.97 Å². The van der Waals surface area contributed by atoms with Crippen molar-refractivity contribution >= 4 is 22.5 Å². The van der Waals surface area contributed by atoms with Crippen LogP contribution in [0.2, 0.25) is 0 Å². The van der Waals surface area contributed by atoms with Crippen molar-refractivity contribution in [1.29, 1.82) is 0 Å². The minimum absolute atomic E-state index is 0.850. The molecule has 0 spiro atoms. The second-order valence-electron chi connectivity index (χ2n) is 4.78. The van der Waals surface area contributed by atoms with Gasteiger partial charge < -0.3 is 9.88 Å². The third-order valence-electron chi connectivity index (χ3n) is 3.39. The fourth-order valence-electron chi connectivity index (χ4n) is 2.31. The molecule has 4 nitrogen and oxygen atoms in total. The molecule has 1 N–H and O–H groups in total. The SMILES string of the molecule is Cc1cccc(C)c1Nc1ncnc2c1ccn2C. The van der Waals surface area contributed by atoms with Crippen LogP contribution >= 0.6 is 0 Å². The highest BCUT2D eigenvalue weighted by Crippen LogP contribution is 2.27. The highest BCUT2D eigenvalue weighted by atomic mass is 15.1. The van der Waals surface area contributed by atoms with Crippen molar-refractivity contribution in [2.24, 2.45) is 7.05 Å². The zero-order valence-electron chi connectivity index (χ0n) is 11.3. The molecule has 3 aromatic rings. The second kappa shape index (κ2) is 4.39. The van der Waals surface area contributed by atoms with Crippen LogP contribution in [-0.2, 0) is 7.05 Å². The summed E-state index contributed by atoms with van der Waals surface area (Å²) >= 11 is 0. The Balaban J connectivity index is 2.11. The van der Waals surface area contributed by atoms with Gasteiger partial charge in [-0.2, -0.15) is 0 Å². The Morgan fingerprint density at radius 1 is 1.05 bits per heavy atom. The maximum Gasteiger partial charge on any atom is 0.145 e. The van der Waals surface area contributed by atoms with Gasteiger partial charge in [0.25, 0.3) is 0 Å². The first kappa shape index (κ1) is 11.7. The molecule has 0 aliphatic rings. The number of rotatable bonds is 2. The summed E-state index contributed by atoms with van der Waals surface area (Å²) in [6, 6.07) is 8.29. The summed E-state index contributed by atoms with van der Waals surface area (Å²) in [5, 5.41) is 4.47. The molecular formula is C15H16N4. The number of benzene rings is 1. The van der Waals surface area contributed by atoms with E-state index in [1.807, 2.05) is 23.9 Å². The van der Waals surface area contributed by atoms with Gasteiger partial charge in [0, 0.05) is 18.9 Å². The van der Waals surface area contributed by atoms with Gasteiger partial charge in [0.15, 0.2) is 0 Å². The van der Waals surface area contributed by atoms with Crippen LogP contribution in [0.15, 0.2) is 36.8 Å². The summed E-state index contributed by atoms with van der Waals surface area (Å²) in [4.78, 5) is 8.66. The summed E-state index contributed by atoms with van der Waals surface area (Å²) < 4.78 is 1.99. The van der Waals surface area contributed by atoms with Gasteiger partial charge in [-0.3, -0.25) is 0 Å². The standard InChI is InChI=1S/C15H16N4/c1-10-5-4-6-11(2)13(10)18-14-12-7-8-19(3)15(12)17-9-16-14/h4-9H,1-3H3,(H,16,17,18). The number of aromatic nitrogens is 3. The van der Waals surface area contributed by atoms with E-state index >= 15 is 0 Å². The minimum Gasteiger partial charge on any atom is -0.339 e. The molecule has 0 aliphatic heterocycles. The van der Waals surface area contributed by atoms with E-state index in [-0.39, 0.29) is 0 Å². The molecule has 4 heteroatoms. The number of nitrogens with one attached hydrogen (secondary N) is 1. The molecule has 0 unspecified atom stereocenters. The van der Waals surface area contributed by atoms with Crippen molar-refractivity contribution < 1.29 is 0 Å². The van der Waals surface area contributed by atoms with Crippen molar-refractivity contribution in [2.75, 3.05) is 5.32 Å². The van der Waals surface area contributed by atoms with Crippen LogP contribution in [0, 0.1) is 13.8 Å². The number of fused-ring (bicyclic) bond motifs is 1. The zero-order valence-corrected chi connectivity index (χ0v) is 11.3. The Kier molecular flexibility index (Phi) is 2.71. The molecule has 0 fully saturated rings. The maximum atomic E-state index is 4.36. The lowest BCUT2D eigenvalue weighted by Gasteiger charge is -2.12. The Bertz CT molecular complexity index is 723. The molecule has 3 rings (SSSR count). The van der Waals surface area contributed by atoms with Gasteiger partial charge in [-0.1, -0.05) is 18.2 Å². The lowest BCUT2D eigenvalue weighted by molar-refractivity contribution is 0.944. The Hall–Kier alpha value is -2.36. The van der Waals surface area contributed by atoms with Crippen LogP contribution in [0.1, 0.15) is 11.1 Å². The summed E-state index contributed by atoms with van der Waals surface area (Å²) in [6.07, 6.45) is 3.59. The predicted octanol–water partition coefficient (Wildman–Crippen LogP) is 3.33. The summed E-state index contributed by atoms with van der Waals surface area (Å²) in [5.41, 5.74) is 4.47. The van der Waals surface area contributed by atoms with E-state index in [4.69, 9.17) is 0 Å². The zero-order chi connectivity index (χ0) is 13.4. The predicted molar refractivity (Wildman–Crippen MR) is 77.7 cm³/mol. The van der Waals surface area contributed by atoms with Crippen molar-refractivity contribution in [2.45, 2.75) is 13.8 Å². The van der Waals surface area contributed by atoms with Crippen LogP contribution in [0.4, 0.5) is 11.5 Å². The van der Waals surface area contributed by atoms with E-state index < -0.39 is 0 Å². The Morgan fingerprint density at radius 3 is 2.53 bits per heavy atom. The van der Waals surface area contributed by atoms with Crippen LogP contribution in [0.25, 0.3) is 11.0 Å². The number of hydrogen-bond acceptors (Lipinski definition) is 3. The van der Waals surface area contributed by atoms with Gasteiger partial charge in [-0.15, -0.1) is 0 Å². The molecular weight excluding hydrogens is 236 g/mol. The number of para-hydroxylation sites is 1. The molecule has 0 aliphatic carbocycles. The first-order chi connectivity index (χ1) is 9.16. The van der Waals surface area contributed by atoms with E-state index in [1.165, 1.54) is 11.1 Å². The van der Waals surface area contributed by atoms with Crippen LogP contribution in [-0.4, -0.2) is 14.5 Å². The van der Waals surface area contributed by atoms with E-state index in [0.29, 0.717) is 0 Å². The minimum atomic E-state index is 0.850. The fraction of sp³-hybridized carbons (Fsp3) is 0.200. The molecule has 2 heterocycles. The van der Waals surface area contributed by atoms with Gasteiger partial charge in [0.2, 0.25) is 0 Å². The number of nitrogens with zero attached hydrogens (tertiary/aromatic N) is 3. The van der Waals surface area contributed by atoms with Crippen LogP contribution < -0.4 is 5.32 Å². The highest BCUT2D eigenvalue weighted by molar-refractivity contribution is 5.89. The quantitative estimate of drug-likeness (QED) is 0.760. The largest absolute Gasteiger partial charge is 0.339 e. The van der Waals surface area contributed by atoms with Crippen molar-refractivity contribution in [1.82, 2.24) is 14.5 Å². The molecule has 0 saturated heterocycles. The Morgan fingerprint density at radius 2 is 1.79 bits per heavy atom. The molecule has 0 radical (unpaired) electrons. The molecule has 2 aromatic heterocycles. The lowest BCUT2D eigenvalue weighted by Crippen LogP contribution is -1.99. The van der Waals surface area contributed by atoms with E-state index in [2.05, 4.69) is 47.3 Å². The molecule has 0 bridgehead atoms. The number of aryl methyl sites for hydroxylation is 3. The van der Waals surface area contributed by atoms with Crippen molar-refractivity contribution in [3.05, 3.63) is 47.9 Å². The van der Waals surface area contributed by atoms with Crippen molar-refractivity contribution in [3.8, 4) is 0 Å². The molecule has 0 saturated carbocycles. The molecule has 96 valence electrons. The summed E-state index contributed by atoms with van der Waals surface area (Å²) in [6.45, 7) is 4.19. The summed E-state index contributed by atoms with van der Waals surface area (Å²) in [5.74, 6) is 0.850. The smallest absolute Gasteiger partial charge is 0.145 e. The van der Waals surface area contributed by atoms with Crippen LogP contribution in [0.3, 0.4) is 0 Å². The van der Waals surface area contributed by atoms with E-state index in [9.17, 15) is 0 Å². The van der Waals surface area contributed by atoms with Gasteiger partial charge in [0.1, 0.15) is 17.8 Å². The third kappa shape index (κ3) is 1.95. The van der Waals surface area contributed by atoms with Crippen LogP contribution in [0.5, 0.6) is 0 Å². The average molecular weight is 252 g/mol. The first-order valence-electron chi connectivity index (χ1n) is 6.26. The average Bonchev–Trinajstić information content (AvgIpc) is 2.77. The molecule has 0 atom stereocenters. The number of anilines is 2. The first-order valence-corrected chi connectivity index (χ1v) is 6.26. The van der Waals surface area contributed by atoms with E-state index in [0.717, 1.165) is 22.5 Å². The normalized spacial score (nSPS) is 10.9. The molecule has 19 heavy (non-hydrogen) atoms. The Labute approximate surface area is 112 Å². The topological polar surface area (TPSA) is 42.7 Å². The lowest BCUT2D eigenvalue weighted by atomic mass is 10.1. The second-order valence-corrected chi connectivity index (χ2v) is 4.78. The fourth-order valence-corrected chi connectivity index (χ4v) is 2.31. The molecule has 1 aromatic carbocycles. The van der Waals surface area contributed by atoms with Crippen molar-refractivity contribution in [3.63, 3.8) is 0 Å². The summed E-state index contributed by atoms with van der Waals surface area (Å²) in [7, 11) is 1.98.